The summed E-state index contributed by atoms with van der Waals surface area (Å²) >= 11 is 0. The summed E-state index contributed by atoms with van der Waals surface area (Å²) in [6.07, 6.45) is 5.27. The van der Waals surface area contributed by atoms with Gasteiger partial charge in [0.2, 0.25) is 0 Å². The summed E-state index contributed by atoms with van der Waals surface area (Å²) in [6, 6.07) is 0.523. The van der Waals surface area contributed by atoms with E-state index in [1.54, 1.807) is 6.33 Å². The predicted molar refractivity (Wildman–Crippen MR) is 89.0 cm³/mol. The van der Waals surface area contributed by atoms with E-state index in [9.17, 15) is 0 Å². The van der Waals surface area contributed by atoms with Crippen LogP contribution in [-0.4, -0.2) is 47.6 Å². The molecule has 0 aromatic carbocycles. The Morgan fingerprint density at radius 2 is 1.90 bits per heavy atom. The molecule has 0 unspecified atom stereocenters. The van der Waals surface area contributed by atoms with Gasteiger partial charge in [0.05, 0.1) is 0 Å². The molecule has 0 bridgehead atoms. The van der Waals surface area contributed by atoms with Crippen molar-refractivity contribution in [2.24, 2.45) is 0 Å². The molecule has 1 fully saturated rings. The van der Waals surface area contributed by atoms with Crippen LogP contribution in [-0.2, 0) is 0 Å². The average molecular weight is 291 g/mol. The highest BCUT2D eigenvalue weighted by Crippen LogP contribution is 2.29. The Morgan fingerprint density at radius 1 is 1.24 bits per heavy atom. The molecule has 118 valence electrons. The van der Waals surface area contributed by atoms with Crippen LogP contribution < -0.4 is 10.6 Å². The fraction of sp³-hybridized carbons (Fsp3) is 0.750. The van der Waals surface area contributed by atoms with Gasteiger partial charge < -0.3 is 15.5 Å². The van der Waals surface area contributed by atoms with Crippen LogP contribution in [0.25, 0.3) is 0 Å². The van der Waals surface area contributed by atoms with Crippen LogP contribution >= 0.6 is 0 Å². The summed E-state index contributed by atoms with van der Waals surface area (Å²) < 4.78 is 0. The largest absolute Gasteiger partial charge is 0.373 e. The first-order valence-electron chi connectivity index (χ1n) is 8.17. The van der Waals surface area contributed by atoms with Crippen LogP contribution in [0.5, 0.6) is 0 Å². The zero-order chi connectivity index (χ0) is 15.2. The molecule has 0 amide bonds. The lowest BCUT2D eigenvalue weighted by Crippen LogP contribution is -2.39. The maximum Gasteiger partial charge on any atom is 0.135 e. The van der Waals surface area contributed by atoms with E-state index in [1.165, 1.54) is 44.5 Å². The SMILES string of the molecule is CCCN1CCC(Nc2ncnc(NC)c2C(C)C)CC1. The second-order valence-corrected chi connectivity index (χ2v) is 6.15. The van der Waals surface area contributed by atoms with Crippen molar-refractivity contribution >= 4 is 11.6 Å². The highest BCUT2D eigenvalue weighted by Gasteiger charge is 2.21. The minimum Gasteiger partial charge on any atom is -0.373 e. The summed E-state index contributed by atoms with van der Waals surface area (Å²) in [5.41, 5.74) is 1.19. The Balaban J connectivity index is 2.03. The molecule has 0 saturated carbocycles. The van der Waals surface area contributed by atoms with Gasteiger partial charge in [0, 0.05) is 31.7 Å². The summed E-state index contributed by atoms with van der Waals surface area (Å²) in [6.45, 7) is 10.2. The highest BCUT2D eigenvalue weighted by molar-refractivity contribution is 5.59. The molecule has 2 rings (SSSR count). The molecule has 1 aromatic heterocycles. The molecule has 1 saturated heterocycles. The van der Waals surface area contributed by atoms with Gasteiger partial charge in [-0.05, 0) is 31.7 Å². The molecule has 0 radical (unpaired) electrons. The van der Waals surface area contributed by atoms with E-state index in [-0.39, 0.29) is 0 Å². The second kappa shape index (κ2) is 7.59. The third kappa shape index (κ3) is 4.06. The Kier molecular flexibility index (Phi) is 5.79. The monoisotopic (exact) mass is 291 g/mol. The van der Waals surface area contributed by atoms with Crippen LogP contribution in [0.3, 0.4) is 0 Å². The number of likely N-dealkylation sites (tertiary alicyclic amines) is 1. The van der Waals surface area contributed by atoms with Gasteiger partial charge >= 0.3 is 0 Å². The molecule has 21 heavy (non-hydrogen) atoms. The fourth-order valence-corrected chi connectivity index (χ4v) is 3.07. The van der Waals surface area contributed by atoms with Gasteiger partial charge in [-0.3, -0.25) is 0 Å². The highest BCUT2D eigenvalue weighted by atomic mass is 15.2. The average Bonchev–Trinajstić information content (AvgIpc) is 2.49. The Morgan fingerprint density at radius 3 is 2.48 bits per heavy atom. The van der Waals surface area contributed by atoms with Crippen LogP contribution in [0.4, 0.5) is 11.6 Å². The third-order valence-corrected chi connectivity index (χ3v) is 4.17. The smallest absolute Gasteiger partial charge is 0.135 e. The van der Waals surface area contributed by atoms with Gasteiger partial charge in [0.15, 0.2) is 0 Å². The van der Waals surface area contributed by atoms with E-state index >= 15 is 0 Å². The van der Waals surface area contributed by atoms with Crippen LogP contribution in [0, 0.1) is 0 Å². The first-order valence-corrected chi connectivity index (χ1v) is 8.17. The van der Waals surface area contributed by atoms with Crippen molar-refractivity contribution < 1.29 is 0 Å². The first-order chi connectivity index (χ1) is 10.2. The molecule has 1 aliphatic rings. The van der Waals surface area contributed by atoms with Gasteiger partial charge in [-0.15, -0.1) is 0 Å². The number of nitrogens with zero attached hydrogens (tertiary/aromatic N) is 3. The molecule has 0 atom stereocenters. The van der Waals surface area contributed by atoms with Gasteiger partial charge in [-0.2, -0.15) is 0 Å². The minimum atomic E-state index is 0.399. The Labute approximate surface area is 128 Å². The number of anilines is 2. The number of nitrogens with one attached hydrogen (secondary N) is 2. The molecular weight excluding hydrogens is 262 g/mol. The van der Waals surface area contributed by atoms with Crippen molar-refractivity contribution in [3.05, 3.63) is 11.9 Å². The summed E-state index contributed by atoms with van der Waals surface area (Å²) in [5, 5.41) is 6.83. The van der Waals surface area contributed by atoms with Crippen LogP contribution in [0.2, 0.25) is 0 Å². The maximum atomic E-state index is 4.48. The van der Waals surface area contributed by atoms with E-state index in [1.807, 2.05) is 7.05 Å². The summed E-state index contributed by atoms with van der Waals surface area (Å²) in [5.74, 6) is 2.33. The van der Waals surface area contributed by atoms with Crippen molar-refractivity contribution in [2.45, 2.75) is 52.0 Å². The van der Waals surface area contributed by atoms with Crippen LogP contribution in [0.15, 0.2) is 6.33 Å². The molecule has 1 aliphatic heterocycles. The van der Waals surface area contributed by atoms with E-state index in [4.69, 9.17) is 0 Å². The minimum absolute atomic E-state index is 0.399. The number of aromatic nitrogens is 2. The molecule has 0 aliphatic carbocycles. The molecular formula is C16H29N5. The van der Waals surface area contributed by atoms with Crippen molar-refractivity contribution in [3.8, 4) is 0 Å². The molecule has 2 N–H and O–H groups in total. The van der Waals surface area contributed by atoms with Crippen LogP contribution in [0.1, 0.15) is 51.5 Å². The Hall–Kier alpha value is -1.36. The number of hydrogen-bond donors (Lipinski definition) is 2. The lowest BCUT2D eigenvalue weighted by atomic mass is 10.0. The standard InChI is InChI=1S/C16H29N5/c1-5-8-21-9-6-13(7-10-21)20-16-14(12(2)3)15(17-4)18-11-19-16/h11-13H,5-10H2,1-4H3,(H2,17,18,19,20). The second-order valence-electron chi connectivity index (χ2n) is 6.15. The zero-order valence-electron chi connectivity index (χ0n) is 13.8. The van der Waals surface area contributed by atoms with Crippen molar-refractivity contribution in [3.63, 3.8) is 0 Å². The van der Waals surface area contributed by atoms with Crippen molar-refractivity contribution in [1.29, 1.82) is 0 Å². The number of hydrogen-bond acceptors (Lipinski definition) is 5. The summed E-state index contributed by atoms with van der Waals surface area (Å²) in [7, 11) is 1.92. The molecule has 5 nitrogen and oxygen atoms in total. The topological polar surface area (TPSA) is 53.1 Å². The quantitative estimate of drug-likeness (QED) is 0.844. The number of rotatable bonds is 6. The van der Waals surface area contributed by atoms with Gasteiger partial charge in [-0.25, -0.2) is 9.97 Å². The van der Waals surface area contributed by atoms with Gasteiger partial charge in [-0.1, -0.05) is 20.8 Å². The van der Waals surface area contributed by atoms with Gasteiger partial charge in [0.25, 0.3) is 0 Å². The third-order valence-electron chi connectivity index (χ3n) is 4.17. The van der Waals surface area contributed by atoms with Gasteiger partial charge in [0.1, 0.15) is 18.0 Å². The normalized spacial score (nSPS) is 17.2. The van der Waals surface area contributed by atoms with Crippen molar-refractivity contribution in [2.75, 3.05) is 37.3 Å². The Bertz CT molecular complexity index is 438. The van der Waals surface area contributed by atoms with E-state index in [0.29, 0.717) is 12.0 Å². The lowest BCUT2D eigenvalue weighted by molar-refractivity contribution is 0.219. The molecule has 2 heterocycles. The van der Waals surface area contributed by atoms with Crippen molar-refractivity contribution in [1.82, 2.24) is 14.9 Å². The molecule has 5 heteroatoms. The molecule has 1 aromatic rings. The molecule has 0 spiro atoms. The zero-order valence-corrected chi connectivity index (χ0v) is 13.8. The predicted octanol–water partition coefficient (Wildman–Crippen LogP) is 2.93. The fourth-order valence-electron chi connectivity index (χ4n) is 3.07. The maximum absolute atomic E-state index is 4.48. The van der Waals surface area contributed by atoms with E-state index in [0.717, 1.165) is 11.6 Å². The first kappa shape index (κ1) is 16.0. The number of piperidine rings is 1. The lowest BCUT2D eigenvalue weighted by Gasteiger charge is -2.33. The van der Waals surface area contributed by atoms with E-state index in [2.05, 4.69) is 46.3 Å². The summed E-state index contributed by atoms with van der Waals surface area (Å²) in [4.78, 5) is 11.4. The van der Waals surface area contributed by atoms with E-state index < -0.39 is 0 Å².